The first kappa shape index (κ1) is 11.4. The summed E-state index contributed by atoms with van der Waals surface area (Å²) in [5.41, 5.74) is 8.50. The highest BCUT2D eigenvalue weighted by Gasteiger charge is 1.97. The van der Waals surface area contributed by atoms with Crippen LogP contribution in [0, 0.1) is 0 Å². The molecule has 1 rings (SSSR count). The van der Waals surface area contributed by atoms with E-state index in [0.717, 1.165) is 10.0 Å². The van der Waals surface area contributed by atoms with Crippen LogP contribution in [0.4, 0.5) is 0 Å². The summed E-state index contributed by atoms with van der Waals surface area (Å²) < 4.78 is 0.899. The molecule has 0 aliphatic rings. The topological polar surface area (TPSA) is 50.4 Å². The number of benzene rings is 1. The maximum Gasteiger partial charge on any atom is 0.184 e. The Morgan fingerprint density at radius 1 is 1.64 bits per heavy atom. The third-order valence-corrected chi connectivity index (χ3v) is 2.38. The molecule has 1 aromatic carbocycles. The molecule has 0 saturated heterocycles. The zero-order valence-corrected chi connectivity index (χ0v) is 10.2. The molecule has 3 nitrogen and oxygen atoms in total. The van der Waals surface area contributed by atoms with E-state index in [1.165, 1.54) is 0 Å². The predicted octanol–water partition coefficient (Wildman–Crippen LogP) is 2.27. The summed E-state index contributed by atoms with van der Waals surface area (Å²) >= 11 is 13.7. The summed E-state index contributed by atoms with van der Waals surface area (Å²) in [4.78, 5) is 0. The molecule has 14 heavy (non-hydrogen) atoms. The molecule has 0 aromatic heterocycles. The molecule has 6 heteroatoms. The van der Waals surface area contributed by atoms with Crippen molar-refractivity contribution in [1.82, 2.24) is 5.43 Å². The molecule has 0 unspecified atom stereocenters. The molecule has 0 atom stereocenters. The van der Waals surface area contributed by atoms with E-state index in [1.807, 2.05) is 6.07 Å². The summed E-state index contributed by atoms with van der Waals surface area (Å²) in [5, 5.41) is 4.58. The van der Waals surface area contributed by atoms with Gasteiger partial charge in [0.15, 0.2) is 5.11 Å². The van der Waals surface area contributed by atoms with Crippen LogP contribution in [0.15, 0.2) is 27.8 Å². The van der Waals surface area contributed by atoms with Crippen molar-refractivity contribution in [2.45, 2.75) is 0 Å². The zero-order chi connectivity index (χ0) is 10.6. The number of thiocarbonyl (C=S) groups is 1. The molecule has 0 bridgehead atoms. The number of hydrogen-bond acceptors (Lipinski definition) is 2. The van der Waals surface area contributed by atoms with Gasteiger partial charge >= 0.3 is 0 Å². The number of hydrogen-bond donors (Lipinski definition) is 2. The lowest BCUT2D eigenvalue weighted by atomic mass is 10.2. The quantitative estimate of drug-likeness (QED) is 0.499. The normalized spacial score (nSPS) is 10.4. The van der Waals surface area contributed by atoms with Crippen LogP contribution >= 0.6 is 39.7 Å². The number of hydrazone groups is 1. The Bertz CT molecular complexity index is 381. The molecule has 1 aromatic rings. The minimum absolute atomic E-state index is 0.124. The summed E-state index contributed by atoms with van der Waals surface area (Å²) in [6.45, 7) is 0. The summed E-state index contributed by atoms with van der Waals surface area (Å²) in [6, 6.07) is 5.39. The monoisotopic (exact) mass is 291 g/mol. The van der Waals surface area contributed by atoms with Gasteiger partial charge in [-0.15, -0.1) is 0 Å². The van der Waals surface area contributed by atoms with Crippen LogP contribution in [0.25, 0.3) is 0 Å². The van der Waals surface area contributed by atoms with E-state index in [1.54, 1.807) is 18.3 Å². The van der Waals surface area contributed by atoms with Gasteiger partial charge in [0.1, 0.15) is 0 Å². The van der Waals surface area contributed by atoms with Crippen LogP contribution in [0.5, 0.6) is 0 Å². The molecule has 0 saturated carbocycles. The van der Waals surface area contributed by atoms with Crippen LogP contribution in [0.1, 0.15) is 5.56 Å². The van der Waals surface area contributed by atoms with Gasteiger partial charge in [0, 0.05) is 15.1 Å². The molecule has 3 N–H and O–H groups in total. The summed E-state index contributed by atoms with van der Waals surface area (Å²) in [7, 11) is 0. The first-order chi connectivity index (χ1) is 6.59. The number of nitrogens with two attached hydrogens (primary N) is 1. The largest absolute Gasteiger partial charge is 0.375 e. The van der Waals surface area contributed by atoms with Crippen molar-refractivity contribution in [3.63, 3.8) is 0 Å². The van der Waals surface area contributed by atoms with E-state index in [4.69, 9.17) is 17.3 Å². The molecule has 0 aliphatic carbocycles. The second-order valence-electron chi connectivity index (χ2n) is 2.40. The van der Waals surface area contributed by atoms with E-state index in [2.05, 4.69) is 38.7 Å². The predicted molar refractivity (Wildman–Crippen MR) is 66.7 cm³/mol. The fourth-order valence-electron chi connectivity index (χ4n) is 0.779. The van der Waals surface area contributed by atoms with Crippen LogP contribution in [-0.4, -0.2) is 11.3 Å². The summed E-state index contributed by atoms with van der Waals surface area (Å²) in [5.74, 6) is 0. The van der Waals surface area contributed by atoms with Crippen molar-refractivity contribution in [3.05, 3.63) is 33.3 Å². The lowest BCUT2D eigenvalue weighted by molar-refractivity contribution is 1.04. The van der Waals surface area contributed by atoms with Crippen molar-refractivity contribution in [2.75, 3.05) is 0 Å². The Morgan fingerprint density at radius 3 is 3.00 bits per heavy atom. The van der Waals surface area contributed by atoms with E-state index in [0.29, 0.717) is 5.02 Å². The molecular formula is C8H7BrClN3S. The smallest absolute Gasteiger partial charge is 0.184 e. The standard InChI is InChI=1S/C8H7BrClN3S/c9-7-2-1-6(10)3-5(7)4-12-13-8(11)14/h1-4H,(H3,11,13,14). The van der Waals surface area contributed by atoms with Crippen molar-refractivity contribution >= 4 is 51.1 Å². The van der Waals surface area contributed by atoms with Gasteiger partial charge in [-0.05, 0) is 30.4 Å². The van der Waals surface area contributed by atoms with Crippen molar-refractivity contribution in [1.29, 1.82) is 0 Å². The molecule has 74 valence electrons. The van der Waals surface area contributed by atoms with Crippen LogP contribution in [0.2, 0.25) is 5.02 Å². The Kier molecular flexibility index (Phi) is 4.31. The summed E-state index contributed by atoms with van der Waals surface area (Å²) in [6.07, 6.45) is 1.58. The molecule has 0 radical (unpaired) electrons. The second kappa shape index (κ2) is 5.29. The van der Waals surface area contributed by atoms with Gasteiger partial charge in [-0.1, -0.05) is 27.5 Å². The van der Waals surface area contributed by atoms with Gasteiger partial charge < -0.3 is 5.73 Å². The van der Waals surface area contributed by atoms with E-state index >= 15 is 0 Å². The average Bonchev–Trinajstić information content (AvgIpc) is 2.10. The molecule has 0 aliphatic heterocycles. The Hall–Kier alpha value is -0.650. The lowest BCUT2D eigenvalue weighted by Crippen LogP contribution is -2.24. The minimum Gasteiger partial charge on any atom is -0.375 e. The SMILES string of the molecule is NC(=S)NN=Cc1cc(Cl)ccc1Br. The highest BCUT2D eigenvalue weighted by atomic mass is 79.9. The van der Waals surface area contributed by atoms with Gasteiger partial charge in [-0.25, -0.2) is 0 Å². The van der Waals surface area contributed by atoms with Gasteiger partial charge in [0.2, 0.25) is 0 Å². The zero-order valence-electron chi connectivity index (χ0n) is 7.00. The first-order valence-corrected chi connectivity index (χ1v) is 5.21. The molecular weight excluding hydrogens is 286 g/mol. The maximum absolute atomic E-state index is 5.80. The van der Waals surface area contributed by atoms with Crippen molar-refractivity contribution in [3.8, 4) is 0 Å². The number of rotatable bonds is 2. The molecule has 0 spiro atoms. The van der Waals surface area contributed by atoms with Crippen molar-refractivity contribution in [2.24, 2.45) is 10.8 Å². The molecule has 0 amide bonds. The van der Waals surface area contributed by atoms with Gasteiger partial charge in [0.25, 0.3) is 0 Å². The molecule has 0 heterocycles. The number of nitrogens with zero attached hydrogens (tertiary/aromatic N) is 1. The maximum atomic E-state index is 5.80. The highest BCUT2D eigenvalue weighted by Crippen LogP contribution is 2.19. The highest BCUT2D eigenvalue weighted by molar-refractivity contribution is 9.10. The van der Waals surface area contributed by atoms with E-state index in [-0.39, 0.29) is 5.11 Å². The minimum atomic E-state index is 0.124. The van der Waals surface area contributed by atoms with E-state index < -0.39 is 0 Å². The third-order valence-electron chi connectivity index (χ3n) is 1.34. The number of halogens is 2. The van der Waals surface area contributed by atoms with Crippen LogP contribution in [-0.2, 0) is 0 Å². The van der Waals surface area contributed by atoms with Crippen LogP contribution in [0.3, 0.4) is 0 Å². The van der Waals surface area contributed by atoms with Gasteiger partial charge in [-0.3, -0.25) is 5.43 Å². The average molecular weight is 293 g/mol. The Labute approximate surface area is 100 Å². The van der Waals surface area contributed by atoms with Gasteiger partial charge in [0.05, 0.1) is 6.21 Å². The first-order valence-electron chi connectivity index (χ1n) is 3.63. The fraction of sp³-hybridized carbons (Fsp3) is 0. The van der Waals surface area contributed by atoms with Gasteiger partial charge in [-0.2, -0.15) is 5.10 Å². The lowest BCUT2D eigenvalue weighted by Gasteiger charge is -1.98. The van der Waals surface area contributed by atoms with E-state index in [9.17, 15) is 0 Å². The Balaban J connectivity index is 2.80. The second-order valence-corrected chi connectivity index (χ2v) is 4.13. The molecule has 0 fully saturated rings. The van der Waals surface area contributed by atoms with Crippen molar-refractivity contribution < 1.29 is 0 Å². The van der Waals surface area contributed by atoms with Crippen LogP contribution < -0.4 is 11.2 Å². The number of nitrogens with one attached hydrogen (secondary N) is 1. The Morgan fingerprint density at radius 2 is 2.36 bits per heavy atom. The fourth-order valence-corrected chi connectivity index (χ4v) is 1.36. The third kappa shape index (κ3) is 3.61.